The van der Waals surface area contributed by atoms with Crippen LogP contribution in [0.25, 0.3) is 0 Å². The van der Waals surface area contributed by atoms with Crippen LogP contribution in [0.1, 0.15) is 70.4 Å². The zero-order valence-corrected chi connectivity index (χ0v) is 23.9. The molecule has 6 nitrogen and oxygen atoms in total. The minimum absolute atomic E-state index is 0.0194. The maximum atomic E-state index is 13.7. The highest BCUT2D eigenvalue weighted by Gasteiger charge is 2.47. The second kappa shape index (κ2) is 9.98. The molecule has 1 heterocycles. The third kappa shape index (κ3) is 5.67. The molecule has 3 aliphatic rings. The van der Waals surface area contributed by atoms with Crippen LogP contribution in [-0.4, -0.2) is 24.1 Å². The molecule has 5 rings (SSSR count). The van der Waals surface area contributed by atoms with Crippen molar-refractivity contribution in [2.75, 3.05) is 11.9 Å². The fourth-order valence-electron chi connectivity index (χ4n) is 6.05. The van der Waals surface area contributed by atoms with E-state index in [0.29, 0.717) is 58.9 Å². The summed E-state index contributed by atoms with van der Waals surface area (Å²) >= 11 is 6.48. The van der Waals surface area contributed by atoms with Gasteiger partial charge in [0.25, 0.3) is 5.91 Å². The van der Waals surface area contributed by atoms with E-state index in [9.17, 15) is 14.4 Å². The van der Waals surface area contributed by atoms with Crippen molar-refractivity contribution in [1.82, 2.24) is 5.32 Å². The summed E-state index contributed by atoms with van der Waals surface area (Å²) in [5.41, 5.74) is 4.98. The third-order valence-corrected chi connectivity index (χ3v) is 7.93. The Labute approximate surface area is 234 Å². The van der Waals surface area contributed by atoms with Gasteiger partial charge in [0.1, 0.15) is 5.75 Å². The van der Waals surface area contributed by atoms with Crippen LogP contribution in [0.4, 0.5) is 5.69 Å². The number of dihydropyridines is 1. The molecule has 2 aromatic rings. The third-order valence-electron chi connectivity index (χ3n) is 7.70. The predicted molar refractivity (Wildman–Crippen MR) is 153 cm³/mol. The lowest BCUT2D eigenvalue weighted by Gasteiger charge is -2.44. The number of hydrogen-bond donors (Lipinski definition) is 2. The number of Topliss-reactive ketones (excluding diaryl/α,β-unsaturated/α-hetero) is 2. The summed E-state index contributed by atoms with van der Waals surface area (Å²) < 4.78 is 6.06. The Morgan fingerprint density at radius 3 is 2.05 bits per heavy atom. The molecule has 0 atom stereocenters. The molecule has 2 N–H and O–H groups in total. The summed E-state index contributed by atoms with van der Waals surface area (Å²) in [6.45, 7) is 10.1. The lowest BCUT2D eigenvalue weighted by Crippen LogP contribution is -2.42. The molecule has 204 valence electrons. The number of carbonyl (C=O) groups excluding carboxylic acids is 3. The van der Waals surface area contributed by atoms with Gasteiger partial charge in [-0.15, -0.1) is 0 Å². The minimum atomic E-state index is -0.600. The number of hydrogen-bond acceptors (Lipinski definition) is 5. The van der Waals surface area contributed by atoms with Crippen LogP contribution in [0.15, 0.2) is 65.0 Å². The van der Waals surface area contributed by atoms with E-state index < -0.39 is 5.92 Å². The van der Waals surface area contributed by atoms with Crippen LogP contribution in [0.3, 0.4) is 0 Å². The van der Waals surface area contributed by atoms with Gasteiger partial charge in [-0.05, 0) is 60.9 Å². The van der Waals surface area contributed by atoms with E-state index in [1.165, 1.54) is 0 Å². The minimum Gasteiger partial charge on any atom is -0.483 e. The zero-order chi connectivity index (χ0) is 28.1. The molecule has 0 spiro atoms. The van der Waals surface area contributed by atoms with E-state index in [1.807, 2.05) is 31.2 Å². The van der Waals surface area contributed by atoms with Gasteiger partial charge in [-0.2, -0.15) is 0 Å². The van der Waals surface area contributed by atoms with Crippen molar-refractivity contribution in [1.29, 1.82) is 0 Å². The molecule has 0 saturated heterocycles. The molecule has 0 fully saturated rings. The number of carbonyl (C=O) groups is 3. The van der Waals surface area contributed by atoms with E-state index in [0.717, 1.165) is 17.0 Å². The second-order valence-corrected chi connectivity index (χ2v) is 13.0. The molecule has 0 unspecified atom stereocenters. The molecule has 2 aromatic carbocycles. The first-order chi connectivity index (χ1) is 18.3. The van der Waals surface area contributed by atoms with Crippen molar-refractivity contribution in [3.05, 3.63) is 81.2 Å². The van der Waals surface area contributed by atoms with Crippen LogP contribution < -0.4 is 15.4 Å². The first kappa shape index (κ1) is 27.2. The number of amides is 1. The van der Waals surface area contributed by atoms with E-state index in [2.05, 4.69) is 38.3 Å². The summed E-state index contributed by atoms with van der Waals surface area (Å²) in [7, 11) is 0. The number of benzene rings is 2. The first-order valence-corrected chi connectivity index (χ1v) is 13.8. The maximum Gasteiger partial charge on any atom is 0.262 e. The number of aryl methyl sites for hydroxylation is 1. The van der Waals surface area contributed by atoms with Crippen molar-refractivity contribution in [3.63, 3.8) is 0 Å². The molecular weight excluding hydrogens is 512 g/mol. The van der Waals surface area contributed by atoms with Gasteiger partial charge in [0.05, 0.1) is 0 Å². The van der Waals surface area contributed by atoms with Crippen molar-refractivity contribution < 1.29 is 19.1 Å². The van der Waals surface area contributed by atoms with Crippen LogP contribution in [0, 0.1) is 17.8 Å². The number of nitrogens with one attached hydrogen (secondary N) is 2. The Morgan fingerprint density at radius 2 is 1.49 bits per heavy atom. The lowest BCUT2D eigenvalue weighted by molar-refractivity contribution is -0.120. The van der Waals surface area contributed by atoms with E-state index in [1.54, 1.807) is 18.2 Å². The summed E-state index contributed by atoms with van der Waals surface area (Å²) in [6, 6.07) is 12.7. The molecule has 0 aromatic heterocycles. The van der Waals surface area contributed by atoms with Gasteiger partial charge >= 0.3 is 0 Å². The molecule has 0 radical (unpaired) electrons. The largest absolute Gasteiger partial charge is 0.483 e. The Bertz CT molecular complexity index is 1380. The second-order valence-electron chi connectivity index (χ2n) is 12.6. The summed E-state index contributed by atoms with van der Waals surface area (Å²) in [4.78, 5) is 40.0. The van der Waals surface area contributed by atoms with E-state index >= 15 is 0 Å². The summed E-state index contributed by atoms with van der Waals surface area (Å²) in [6.07, 6.45) is 2.18. The highest BCUT2D eigenvalue weighted by atomic mass is 35.5. The normalized spacial score (nSPS) is 20.3. The van der Waals surface area contributed by atoms with Crippen LogP contribution in [0.5, 0.6) is 5.75 Å². The van der Waals surface area contributed by atoms with E-state index in [-0.39, 0.29) is 34.9 Å². The topological polar surface area (TPSA) is 84.5 Å². The van der Waals surface area contributed by atoms with Crippen molar-refractivity contribution >= 4 is 34.8 Å². The van der Waals surface area contributed by atoms with Crippen molar-refractivity contribution in [3.8, 4) is 5.75 Å². The Morgan fingerprint density at radius 1 is 0.923 bits per heavy atom. The number of ketones is 2. The van der Waals surface area contributed by atoms with Crippen LogP contribution >= 0.6 is 11.6 Å². The molecule has 2 aliphatic carbocycles. The lowest BCUT2D eigenvalue weighted by atomic mass is 9.64. The molecular formula is C32H35ClN2O4. The van der Waals surface area contributed by atoms with Crippen molar-refractivity contribution in [2.45, 2.75) is 66.2 Å². The van der Waals surface area contributed by atoms with Crippen molar-refractivity contribution in [2.24, 2.45) is 10.8 Å². The van der Waals surface area contributed by atoms with Gasteiger partial charge in [-0.3, -0.25) is 14.4 Å². The van der Waals surface area contributed by atoms with Gasteiger partial charge < -0.3 is 15.4 Å². The molecule has 0 bridgehead atoms. The quantitative estimate of drug-likeness (QED) is 0.439. The SMILES string of the molecule is Cc1ccc(NC(=O)COc2ccc(Cl)cc2C2C3=C(CC(C)(C)CC3=O)NC3=C2C(=O)CC(C)(C)C3)cc1. The molecule has 7 heteroatoms. The van der Waals surface area contributed by atoms with Crippen LogP contribution in [0.2, 0.25) is 5.02 Å². The summed E-state index contributed by atoms with van der Waals surface area (Å²) in [5, 5.41) is 6.84. The maximum absolute atomic E-state index is 13.7. The Hall–Kier alpha value is -3.38. The average Bonchev–Trinajstić information content (AvgIpc) is 2.82. The van der Waals surface area contributed by atoms with Gasteiger partial charge in [-0.1, -0.05) is 57.0 Å². The highest BCUT2D eigenvalue weighted by molar-refractivity contribution is 6.30. The molecule has 0 saturated carbocycles. The Balaban J connectivity index is 1.53. The monoisotopic (exact) mass is 546 g/mol. The smallest absolute Gasteiger partial charge is 0.262 e. The number of halogens is 1. The Kier molecular flexibility index (Phi) is 6.96. The summed E-state index contributed by atoms with van der Waals surface area (Å²) in [5.74, 6) is -0.440. The number of allylic oxidation sites excluding steroid dienone is 4. The fourth-order valence-corrected chi connectivity index (χ4v) is 6.23. The molecule has 39 heavy (non-hydrogen) atoms. The standard InChI is InChI=1S/C32H35ClN2O4/c1-18-6-9-20(10-7-18)34-27(38)17-39-26-11-8-19(33)12-21(26)28-29-22(13-31(2,3)15-24(29)36)35-23-14-32(4,5)16-25(37)30(23)28/h6-12,28,35H,13-17H2,1-5H3,(H,34,38). The van der Waals surface area contributed by atoms with Gasteiger partial charge in [0.2, 0.25) is 0 Å². The first-order valence-electron chi connectivity index (χ1n) is 13.4. The molecule has 1 amide bonds. The van der Waals surface area contributed by atoms with Gasteiger partial charge in [0, 0.05) is 57.6 Å². The van der Waals surface area contributed by atoms with Crippen LogP contribution in [-0.2, 0) is 14.4 Å². The average molecular weight is 547 g/mol. The van der Waals surface area contributed by atoms with Gasteiger partial charge in [0.15, 0.2) is 18.2 Å². The van der Waals surface area contributed by atoms with E-state index in [4.69, 9.17) is 16.3 Å². The number of ether oxygens (including phenoxy) is 1. The number of anilines is 1. The van der Waals surface area contributed by atoms with Gasteiger partial charge in [-0.25, -0.2) is 0 Å². The fraction of sp³-hybridized carbons (Fsp3) is 0.406. The zero-order valence-electron chi connectivity index (χ0n) is 23.2. The highest BCUT2D eigenvalue weighted by Crippen LogP contribution is 2.52. The predicted octanol–water partition coefficient (Wildman–Crippen LogP) is 6.64. The number of rotatable bonds is 5. The molecule has 1 aliphatic heterocycles.